The van der Waals surface area contributed by atoms with E-state index < -0.39 is 23.2 Å². The van der Waals surface area contributed by atoms with E-state index in [9.17, 15) is 19.7 Å². The first-order chi connectivity index (χ1) is 23.4. The first-order valence-corrected chi connectivity index (χ1v) is 15.5. The van der Waals surface area contributed by atoms with Gasteiger partial charge in [0.25, 0.3) is 5.69 Å². The van der Waals surface area contributed by atoms with Gasteiger partial charge in [-0.1, -0.05) is 0 Å². The van der Waals surface area contributed by atoms with Gasteiger partial charge in [0.2, 0.25) is 0 Å². The van der Waals surface area contributed by atoms with Crippen LogP contribution in [0.15, 0.2) is 24.3 Å². The molecule has 1 rings (SSSR count). The lowest BCUT2D eigenvalue weighted by Gasteiger charge is -2.09. The molecule has 0 heterocycles. The zero-order valence-corrected chi connectivity index (χ0v) is 27.5. The fourth-order valence-corrected chi connectivity index (χ4v) is 3.16. The van der Waals surface area contributed by atoms with Crippen molar-refractivity contribution in [3.8, 4) is 5.75 Å². The number of carbonyl (C=O) groups is 2. The highest BCUT2D eigenvalue weighted by Gasteiger charge is 2.10. The number of nitrogens with zero attached hydrogens (tertiary/aromatic N) is 1. The molecule has 18 nitrogen and oxygen atoms in total. The Hall–Kier alpha value is -3.04. The maximum Gasteiger partial charge on any atom is 0.513 e. The predicted molar refractivity (Wildman–Crippen MR) is 165 cm³/mol. The highest BCUT2D eigenvalue weighted by molar-refractivity contribution is 5.71. The lowest BCUT2D eigenvalue weighted by Crippen LogP contribution is -2.22. The number of aliphatic carboxylic acids is 1. The molecule has 0 spiro atoms. The van der Waals surface area contributed by atoms with Crippen molar-refractivity contribution < 1.29 is 76.5 Å². The molecule has 1 atom stereocenters. The zero-order chi connectivity index (χ0) is 34.9. The van der Waals surface area contributed by atoms with E-state index in [1.807, 2.05) is 0 Å². The normalized spacial score (nSPS) is 11.8. The van der Waals surface area contributed by atoms with Crippen LogP contribution >= 0.6 is 0 Å². The van der Waals surface area contributed by atoms with Gasteiger partial charge in [-0.15, -0.1) is 0 Å². The number of ether oxygens (including phenoxy) is 12. The summed E-state index contributed by atoms with van der Waals surface area (Å²) in [5, 5.41) is 19.3. The SMILES string of the molecule is CC(OCCOCCOCCOCCOCCOCCOCCOCCOCCOCCOC(=O)Oc1ccc([N+](=O)[O-])cc1)C(=O)O. The van der Waals surface area contributed by atoms with Gasteiger partial charge >= 0.3 is 12.1 Å². The van der Waals surface area contributed by atoms with Crippen LogP contribution in [-0.4, -0.2) is 160 Å². The summed E-state index contributed by atoms with van der Waals surface area (Å²) in [6.07, 6.45) is -1.78. The molecule has 0 radical (unpaired) electrons. The monoisotopic (exact) mass is 695 g/mol. The smallest absolute Gasteiger partial charge is 0.479 e. The first kappa shape index (κ1) is 43.0. The molecule has 0 aliphatic heterocycles. The fraction of sp³-hybridized carbons (Fsp3) is 0.733. The Morgan fingerprint density at radius 3 is 1.21 bits per heavy atom. The zero-order valence-electron chi connectivity index (χ0n) is 27.5. The third-order valence-corrected chi connectivity index (χ3v) is 5.62. The number of hydrogen-bond acceptors (Lipinski definition) is 16. The van der Waals surface area contributed by atoms with E-state index in [0.29, 0.717) is 112 Å². The molecular formula is C30H49NO17. The van der Waals surface area contributed by atoms with Crippen LogP contribution in [0.2, 0.25) is 0 Å². The summed E-state index contributed by atoms with van der Waals surface area (Å²) in [5.74, 6) is -0.867. The minimum absolute atomic E-state index is 0.0150. The molecule has 0 aromatic heterocycles. The minimum atomic E-state index is -1.00. The molecular weight excluding hydrogens is 646 g/mol. The largest absolute Gasteiger partial charge is 0.513 e. The standard InChI is InChI=1S/C30H49NO17/c1-26(29(32)33)46-24-22-44-20-18-42-16-14-40-12-10-38-8-6-37-7-9-39-11-13-41-15-17-43-19-21-45-23-25-47-30(34)48-28-4-2-27(3-5-28)31(35)36/h2-5,26H,6-25H2,1H3,(H,32,33). The van der Waals surface area contributed by atoms with E-state index in [1.165, 1.54) is 31.2 Å². The van der Waals surface area contributed by atoms with Gasteiger partial charge in [-0.05, 0) is 19.1 Å². The van der Waals surface area contributed by atoms with Crippen molar-refractivity contribution in [2.75, 3.05) is 132 Å². The molecule has 0 fully saturated rings. The highest BCUT2D eigenvalue weighted by atomic mass is 16.7. The summed E-state index contributed by atoms with van der Waals surface area (Å²) in [6.45, 7) is 8.86. The molecule has 0 saturated carbocycles. The number of non-ortho nitro benzene ring substituents is 1. The van der Waals surface area contributed by atoms with Crippen LogP contribution in [0.4, 0.5) is 10.5 Å². The molecule has 18 heteroatoms. The van der Waals surface area contributed by atoms with Crippen molar-refractivity contribution in [3.05, 3.63) is 34.4 Å². The Morgan fingerprint density at radius 1 is 0.583 bits per heavy atom. The van der Waals surface area contributed by atoms with Gasteiger partial charge < -0.3 is 61.9 Å². The molecule has 48 heavy (non-hydrogen) atoms. The number of carboxylic acids is 1. The van der Waals surface area contributed by atoms with Crippen molar-refractivity contribution in [3.63, 3.8) is 0 Å². The summed E-state index contributed by atoms with van der Waals surface area (Å²) in [4.78, 5) is 32.3. The van der Waals surface area contributed by atoms with Crippen LogP contribution in [0.1, 0.15) is 6.92 Å². The van der Waals surface area contributed by atoms with Gasteiger partial charge in [0.15, 0.2) is 6.10 Å². The van der Waals surface area contributed by atoms with E-state index in [2.05, 4.69) is 0 Å². The lowest BCUT2D eigenvalue weighted by atomic mass is 10.3. The van der Waals surface area contributed by atoms with Crippen molar-refractivity contribution >= 4 is 17.8 Å². The fourth-order valence-electron chi connectivity index (χ4n) is 3.16. The van der Waals surface area contributed by atoms with E-state index in [0.717, 1.165) is 0 Å². The summed E-state index contributed by atoms with van der Waals surface area (Å²) < 4.78 is 63.3. The maximum absolute atomic E-state index is 11.6. The van der Waals surface area contributed by atoms with Crippen LogP contribution in [0.3, 0.4) is 0 Å². The first-order valence-electron chi connectivity index (χ1n) is 15.5. The molecule has 1 unspecified atom stereocenters. The quantitative estimate of drug-likeness (QED) is 0.0358. The second-order valence-electron chi connectivity index (χ2n) is 9.31. The van der Waals surface area contributed by atoms with Crippen LogP contribution in [0.25, 0.3) is 0 Å². The molecule has 1 aromatic rings. The van der Waals surface area contributed by atoms with Gasteiger partial charge in [0.05, 0.1) is 130 Å². The molecule has 0 bridgehead atoms. The Kier molecular flexibility index (Phi) is 28.0. The number of nitro benzene ring substituents is 1. The van der Waals surface area contributed by atoms with E-state index in [1.54, 1.807) is 0 Å². The van der Waals surface area contributed by atoms with Gasteiger partial charge in [0, 0.05) is 12.1 Å². The van der Waals surface area contributed by atoms with Crippen molar-refractivity contribution in [1.29, 1.82) is 0 Å². The van der Waals surface area contributed by atoms with E-state index >= 15 is 0 Å². The summed E-state index contributed by atoms with van der Waals surface area (Å²) in [7, 11) is 0. The van der Waals surface area contributed by atoms with Gasteiger partial charge in [-0.2, -0.15) is 0 Å². The van der Waals surface area contributed by atoms with Crippen LogP contribution < -0.4 is 4.74 Å². The summed E-state index contributed by atoms with van der Waals surface area (Å²) in [5.41, 5.74) is -0.111. The maximum atomic E-state index is 11.6. The Morgan fingerprint density at radius 2 is 0.896 bits per heavy atom. The number of hydrogen-bond donors (Lipinski definition) is 1. The van der Waals surface area contributed by atoms with Crippen molar-refractivity contribution in [2.45, 2.75) is 13.0 Å². The van der Waals surface area contributed by atoms with E-state index in [-0.39, 0.29) is 31.3 Å². The Balaban J connectivity index is 1.69. The third kappa shape index (κ3) is 27.0. The molecule has 1 N–H and O–H groups in total. The third-order valence-electron chi connectivity index (χ3n) is 5.62. The molecule has 0 saturated heterocycles. The summed E-state index contributed by atoms with van der Waals surface area (Å²) in [6, 6.07) is 5.05. The molecule has 0 aliphatic rings. The molecule has 0 aliphatic carbocycles. The Bertz CT molecular complexity index is 937. The molecule has 276 valence electrons. The number of benzene rings is 1. The number of nitro groups is 1. The van der Waals surface area contributed by atoms with Crippen molar-refractivity contribution in [1.82, 2.24) is 0 Å². The lowest BCUT2D eigenvalue weighted by molar-refractivity contribution is -0.384. The minimum Gasteiger partial charge on any atom is -0.479 e. The van der Waals surface area contributed by atoms with Gasteiger partial charge in [-0.3, -0.25) is 10.1 Å². The van der Waals surface area contributed by atoms with E-state index in [4.69, 9.17) is 61.9 Å². The van der Waals surface area contributed by atoms with Gasteiger partial charge in [-0.25, -0.2) is 9.59 Å². The molecule has 0 amide bonds. The average molecular weight is 696 g/mol. The topological polar surface area (TPSA) is 208 Å². The second-order valence-corrected chi connectivity index (χ2v) is 9.31. The second kappa shape index (κ2) is 31.2. The van der Waals surface area contributed by atoms with Crippen molar-refractivity contribution in [2.24, 2.45) is 0 Å². The van der Waals surface area contributed by atoms with Crippen LogP contribution in [0, 0.1) is 10.1 Å². The number of carboxylic acid groups (broad SMARTS) is 1. The summed E-state index contributed by atoms with van der Waals surface area (Å²) >= 11 is 0. The number of carbonyl (C=O) groups excluding carboxylic acids is 1. The number of rotatable bonds is 34. The Labute approximate surface area is 279 Å². The van der Waals surface area contributed by atoms with Crippen LogP contribution in [0.5, 0.6) is 5.75 Å². The van der Waals surface area contributed by atoms with Gasteiger partial charge in [0.1, 0.15) is 12.4 Å². The predicted octanol–water partition coefficient (Wildman–Crippen LogP) is 1.75. The average Bonchev–Trinajstić information content (AvgIpc) is 3.07. The highest BCUT2D eigenvalue weighted by Crippen LogP contribution is 2.17. The van der Waals surface area contributed by atoms with Crippen LogP contribution in [-0.2, 0) is 56.9 Å². The molecule has 1 aromatic carbocycles.